The predicted octanol–water partition coefficient (Wildman–Crippen LogP) is 5.84. The van der Waals surface area contributed by atoms with Crippen LogP contribution in [-0.4, -0.2) is 49.6 Å². The molecule has 43 heavy (non-hydrogen) atoms. The fraction of sp³-hybridized carbons (Fsp3) is 0.406. The monoisotopic (exact) mass is 719 g/mol. The molecule has 2 aromatic carbocycles. The molecule has 0 amide bonds. The Morgan fingerprint density at radius 2 is 1.49 bits per heavy atom. The second-order valence-electron chi connectivity index (χ2n) is 12.9. The lowest BCUT2D eigenvalue weighted by atomic mass is 9.63. The molecular weight excluding hydrogens is 685 g/mol. The molecule has 228 valence electrons. The Balaban J connectivity index is 1.72. The summed E-state index contributed by atoms with van der Waals surface area (Å²) in [6.07, 6.45) is 1.43. The van der Waals surface area contributed by atoms with Crippen LogP contribution in [0.4, 0.5) is 0 Å². The predicted molar refractivity (Wildman–Crippen MR) is 167 cm³/mol. The minimum absolute atomic E-state index is 0.00497. The highest BCUT2D eigenvalue weighted by molar-refractivity contribution is 14.1. The maximum atomic E-state index is 13.9. The number of ether oxygens (including phenoxy) is 1. The maximum absolute atomic E-state index is 13.9. The zero-order valence-electron chi connectivity index (χ0n) is 24.7. The van der Waals surface area contributed by atoms with Crippen LogP contribution >= 0.6 is 22.6 Å². The van der Waals surface area contributed by atoms with Crippen LogP contribution in [0, 0.1) is 14.4 Å². The van der Waals surface area contributed by atoms with E-state index in [1.807, 2.05) is 50.3 Å². The summed E-state index contributed by atoms with van der Waals surface area (Å²) >= 11 is 1.97. The topological polar surface area (TPSA) is 127 Å². The average Bonchev–Trinajstić information content (AvgIpc) is 2.89. The molecule has 2 aromatic rings. The third kappa shape index (κ3) is 5.98. The van der Waals surface area contributed by atoms with Gasteiger partial charge >= 0.3 is 16.1 Å². The van der Waals surface area contributed by atoms with Crippen molar-refractivity contribution in [3.05, 3.63) is 74.1 Å². The van der Waals surface area contributed by atoms with Crippen LogP contribution in [0.2, 0.25) is 0 Å². The van der Waals surface area contributed by atoms with Gasteiger partial charge in [0, 0.05) is 41.3 Å². The highest BCUT2D eigenvalue weighted by Gasteiger charge is 2.49. The van der Waals surface area contributed by atoms with Crippen molar-refractivity contribution < 1.29 is 36.8 Å². The van der Waals surface area contributed by atoms with E-state index in [-0.39, 0.29) is 47.3 Å². The number of hydrogen-bond acceptors (Lipinski definition) is 8. The Hall–Kier alpha value is -3.19. The number of nitrogens with zero attached hydrogens (tertiary/aromatic N) is 1. The number of rotatable bonds is 7. The Labute approximate surface area is 265 Å². The van der Waals surface area contributed by atoms with E-state index < -0.39 is 32.8 Å². The summed E-state index contributed by atoms with van der Waals surface area (Å²) in [4.78, 5) is 41.6. The van der Waals surface area contributed by atoms with Crippen molar-refractivity contribution in [2.75, 3.05) is 13.7 Å². The third-order valence-electron chi connectivity index (χ3n) is 8.13. The molecule has 11 heteroatoms. The molecule has 0 fully saturated rings. The largest absolute Gasteiger partial charge is 0.493 e. The lowest BCUT2D eigenvalue weighted by molar-refractivity contribution is -0.138. The van der Waals surface area contributed by atoms with Crippen LogP contribution in [0.1, 0.15) is 64.9 Å². The normalized spacial score (nSPS) is 20.1. The summed E-state index contributed by atoms with van der Waals surface area (Å²) in [7, 11) is -2.79. The van der Waals surface area contributed by atoms with Gasteiger partial charge in [-0.25, -0.2) is 0 Å². The van der Waals surface area contributed by atoms with Crippen LogP contribution < -0.4 is 8.92 Å². The number of methoxy groups -OCH3 is 1. The third-order valence-corrected chi connectivity index (χ3v) is 10.2. The van der Waals surface area contributed by atoms with Crippen LogP contribution in [0.25, 0.3) is 0 Å². The molecule has 9 nitrogen and oxygen atoms in total. The number of aliphatic carboxylic acids is 1. The molecule has 2 aliphatic carbocycles. The van der Waals surface area contributed by atoms with Gasteiger partial charge in [0.25, 0.3) is 0 Å². The van der Waals surface area contributed by atoms with Crippen LogP contribution in [0.5, 0.6) is 11.5 Å². The van der Waals surface area contributed by atoms with E-state index in [0.29, 0.717) is 44.5 Å². The Morgan fingerprint density at radius 1 is 0.953 bits per heavy atom. The molecule has 5 rings (SSSR count). The van der Waals surface area contributed by atoms with Crippen molar-refractivity contribution in [2.24, 2.45) is 10.8 Å². The van der Waals surface area contributed by atoms with Crippen LogP contribution in [0.15, 0.2) is 69.9 Å². The Kier molecular flexibility index (Phi) is 8.04. The summed E-state index contributed by atoms with van der Waals surface area (Å²) < 4.78 is 37.8. The quantitative estimate of drug-likeness (QED) is 0.278. The van der Waals surface area contributed by atoms with E-state index in [9.17, 15) is 27.9 Å². The highest BCUT2D eigenvalue weighted by atomic mass is 127. The number of benzene rings is 2. The number of Topliss-reactive ketones (excluding diaryl/α,β-unsaturated/α-hetero) is 2. The number of halogens is 1. The molecular formula is C32H34INO8S. The minimum Gasteiger partial charge on any atom is -0.493 e. The van der Waals surface area contributed by atoms with Gasteiger partial charge in [-0.05, 0) is 76.1 Å². The molecule has 0 saturated carbocycles. The average molecular weight is 720 g/mol. The van der Waals surface area contributed by atoms with Crippen LogP contribution in [0.3, 0.4) is 0 Å². The van der Waals surface area contributed by atoms with Gasteiger partial charge < -0.3 is 18.9 Å². The summed E-state index contributed by atoms with van der Waals surface area (Å²) in [6.45, 7) is 7.56. The number of carbonyl (C=O) groups excluding carboxylic acids is 2. The highest BCUT2D eigenvalue weighted by Crippen LogP contribution is 2.55. The minimum atomic E-state index is -4.18. The summed E-state index contributed by atoms with van der Waals surface area (Å²) in [5.41, 5.74) is 1.84. The van der Waals surface area contributed by atoms with Gasteiger partial charge in [-0.3, -0.25) is 14.4 Å². The van der Waals surface area contributed by atoms with Gasteiger partial charge in [0.15, 0.2) is 23.1 Å². The fourth-order valence-corrected chi connectivity index (χ4v) is 8.30. The van der Waals surface area contributed by atoms with Crippen molar-refractivity contribution in [3.8, 4) is 11.5 Å². The number of ketones is 2. The maximum Gasteiger partial charge on any atom is 0.339 e. The van der Waals surface area contributed by atoms with E-state index >= 15 is 0 Å². The molecule has 3 aliphatic rings. The van der Waals surface area contributed by atoms with E-state index in [1.165, 1.54) is 19.2 Å². The van der Waals surface area contributed by atoms with Gasteiger partial charge in [0.2, 0.25) is 0 Å². The molecule has 1 heterocycles. The van der Waals surface area contributed by atoms with E-state index in [0.717, 1.165) is 0 Å². The molecule has 0 spiro atoms. The Bertz CT molecular complexity index is 1650. The molecule has 0 radical (unpaired) electrons. The number of carboxylic acid groups (broad SMARTS) is 1. The summed E-state index contributed by atoms with van der Waals surface area (Å²) in [6, 6.07) is 11.1. The van der Waals surface area contributed by atoms with Crippen molar-refractivity contribution in [3.63, 3.8) is 0 Å². The molecule has 0 unspecified atom stereocenters. The van der Waals surface area contributed by atoms with Gasteiger partial charge in [0.1, 0.15) is 11.4 Å². The fourth-order valence-electron chi connectivity index (χ4n) is 6.44. The second kappa shape index (κ2) is 11.1. The molecule has 1 aliphatic heterocycles. The van der Waals surface area contributed by atoms with Crippen molar-refractivity contribution in [1.82, 2.24) is 4.90 Å². The van der Waals surface area contributed by atoms with Crippen molar-refractivity contribution in [1.29, 1.82) is 0 Å². The van der Waals surface area contributed by atoms with Crippen molar-refractivity contribution in [2.45, 2.75) is 64.2 Å². The number of carbonyl (C=O) groups is 3. The van der Waals surface area contributed by atoms with E-state index in [1.54, 1.807) is 35.2 Å². The molecule has 1 N–H and O–H groups in total. The number of carboxylic acids is 1. The number of hydrogen-bond donors (Lipinski definition) is 1. The molecule has 0 bridgehead atoms. The summed E-state index contributed by atoms with van der Waals surface area (Å²) in [5, 5.41) is 9.89. The SMILES string of the molecule is COc1cc(C2C3=C(CC(C)(C)CC3=O)N(CC(=O)O)C3=C2C(=O)CC(C)(C)C3)cc(I)c1OS(=O)(=O)c1ccccc1. The smallest absolute Gasteiger partial charge is 0.339 e. The Morgan fingerprint density at radius 3 is 1.98 bits per heavy atom. The first-order valence-corrected chi connectivity index (χ1v) is 16.4. The van der Waals surface area contributed by atoms with E-state index in [2.05, 4.69) is 0 Å². The molecule has 0 aromatic heterocycles. The first-order chi connectivity index (χ1) is 20.0. The van der Waals surface area contributed by atoms with Crippen molar-refractivity contribution >= 4 is 50.2 Å². The van der Waals surface area contributed by atoms with Gasteiger partial charge in [-0.1, -0.05) is 45.9 Å². The summed E-state index contributed by atoms with van der Waals surface area (Å²) in [5.74, 6) is -1.97. The number of allylic oxidation sites excluding steroid dienone is 4. The zero-order valence-corrected chi connectivity index (χ0v) is 27.7. The van der Waals surface area contributed by atoms with Gasteiger partial charge in [-0.2, -0.15) is 8.42 Å². The first-order valence-electron chi connectivity index (χ1n) is 13.9. The lowest BCUT2D eigenvalue weighted by Gasteiger charge is -2.48. The van der Waals surface area contributed by atoms with E-state index in [4.69, 9.17) is 8.92 Å². The van der Waals surface area contributed by atoms with Crippen LogP contribution in [-0.2, 0) is 24.5 Å². The standard InChI is InChI=1S/C32H34INO8S/c1-31(2)13-21-28(23(35)15-31)27(29-22(34(21)17-26(37)38)14-32(3,4)16-24(29)36)18-11-20(33)30(25(12-18)41-5)42-43(39,40)19-9-7-6-8-10-19/h6-12,27H,13-17H2,1-5H3,(H,37,38). The molecule has 0 saturated heterocycles. The van der Waals surface area contributed by atoms with Gasteiger partial charge in [0.05, 0.1) is 10.7 Å². The lowest BCUT2D eigenvalue weighted by Crippen LogP contribution is -2.45. The first kappa shape index (κ1) is 31.2. The molecule has 0 atom stereocenters. The van der Waals surface area contributed by atoms with Gasteiger partial charge in [-0.15, -0.1) is 0 Å². The second-order valence-corrected chi connectivity index (χ2v) is 15.6. The zero-order chi connectivity index (χ0) is 31.5.